The van der Waals surface area contributed by atoms with E-state index in [0.29, 0.717) is 6.54 Å². The molecule has 2 amide bonds. The maximum atomic E-state index is 12.5. The van der Waals surface area contributed by atoms with Gasteiger partial charge in [0.05, 0.1) is 0 Å². The number of carbonyl (C=O) groups is 2. The molecule has 1 aliphatic rings. The van der Waals surface area contributed by atoms with Gasteiger partial charge in [-0.1, -0.05) is 13.3 Å². The molecule has 1 fully saturated rings. The Bertz CT molecular complexity index is 575. The van der Waals surface area contributed by atoms with E-state index in [1.165, 1.54) is 24.9 Å². The molecule has 0 aromatic heterocycles. The number of carbonyl (C=O) groups excluding carboxylic acids is 2. The lowest BCUT2D eigenvalue weighted by Gasteiger charge is -2.29. The number of amides is 2. The molecule has 0 radical (unpaired) electrons. The van der Waals surface area contributed by atoms with Crippen LogP contribution < -0.4 is 15.5 Å². The topological polar surface area (TPSA) is 61.4 Å². The number of anilines is 2. The molecule has 1 aromatic carbocycles. The fourth-order valence-electron chi connectivity index (χ4n) is 2.90. The van der Waals surface area contributed by atoms with E-state index in [9.17, 15) is 9.59 Å². The van der Waals surface area contributed by atoms with Crippen LogP contribution in [0.5, 0.6) is 0 Å². The summed E-state index contributed by atoms with van der Waals surface area (Å²) in [5.74, 6) is -0.518. The van der Waals surface area contributed by atoms with E-state index in [1.54, 1.807) is 13.8 Å². The first-order valence-corrected chi connectivity index (χ1v) is 9.40. The Balaban J connectivity index is 1.93. The van der Waals surface area contributed by atoms with E-state index < -0.39 is 5.41 Å². The third-order valence-electron chi connectivity index (χ3n) is 4.80. The van der Waals surface area contributed by atoms with Crippen molar-refractivity contribution in [1.29, 1.82) is 0 Å². The third kappa shape index (κ3) is 5.21. The number of unbranched alkanes of at least 4 members (excludes halogenated alkanes) is 1. The molecule has 2 N–H and O–H groups in total. The Morgan fingerprint density at radius 1 is 1.04 bits per heavy atom. The predicted molar refractivity (Wildman–Crippen MR) is 103 cm³/mol. The van der Waals surface area contributed by atoms with Crippen molar-refractivity contribution in [2.75, 3.05) is 29.9 Å². The monoisotopic (exact) mass is 345 g/mol. The van der Waals surface area contributed by atoms with Crippen LogP contribution in [0, 0.1) is 5.41 Å². The van der Waals surface area contributed by atoms with Gasteiger partial charge < -0.3 is 15.5 Å². The first-order chi connectivity index (χ1) is 11.9. The Kier molecular flexibility index (Phi) is 6.85. The molecule has 1 aromatic rings. The number of benzene rings is 1. The summed E-state index contributed by atoms with van der Waals surface area (Å²) in [6, 6.07) is 7.89. The zero-order chi connectivity index (χ0) is 18.3. The minimum Gasteiger partial charge on any atom is -0.372 e. The maximum absolute atomic E-state index is 12.5. The molecular weight excluding hydrogens is 314 g/mol. The van der Waals surface area contributed by atoms with Gasteiger partial charge in [0.25, 0.3) is 0 Å². The third-order valence-corrected chi connectivity index (χ3v) is 4.80. The molecule has 0 aliphatic carbocycles. The van der Waals surface area contributed by atoms with Crippen LogP contribution >= 0.6 is 0 Å². The van der Waals surface area contributed by atoms with E-state index in [2.05, 4.69) is 22.5 Å². The standard InChI is InChI=1S/C20H31N3O2/c1-4-5-13-21-18(24)20(2,3)19(25)22-16-9-11-17(12-10-16)23-14-7-6-8-15-23/h9-12H,4-8,13-15H2,1-3H3,(H,21,24)(H,22,25). The van der Waals surface area contributed by atoms with Crippen molar-refractivity contribution in [3.63, 3.8) is 0 Å². The second-order valence-corrected chi connectivity index (χ2v) is 7.28. The average molecular weight is 345 g/mol. The van der Waals surface area contributed by atoms with E-state index in [0.717, 1.165) is 31.6 Å². The number of hydrogen-bond donors (Lipinski definition) is 2. The molecule has 0 atom stereocenters. The highest BCUT2D eigenvalue weighted by Crippen LogP contribution is 2.23. The largest absolute Gasteiger partial charge is 0.372 e. The summed E-state index contributed by atoms with van der Waals surface area (Å²) in [6.45, 7) is 8.18. The van der Waals surface area contributed by atoms with Crippen LogP contribution in [0.2, 0.25) is 0 Å². The molecule has 138 valence electrons. The number of piperidine rings is 1. The number of nitrogens with one attached hydrogen (secondary N) is 2. The van der Waals surface area contributed by atoms with Gasteiger partial charge in [-0.05, 0) is 63.8 Å². The first kappa shape index (κ1) is 19.3. The lowest BCUT2D eigenvalue weighted by Crippen LogP contribution is -2.45. The minimum absolute atomic E-state index is 0.233. The second-order valence-electron chi connectivity index (χ2n) is 7.28. The lowest BCUT2D eigenvalue weighted by atomic mass is 9.91. The summed E-state index contributed by atoms with van der Waals surface area (Å²) in [5.41, 5.74) is 0.814. The summed E-state index contributed by atoms with van der Waals surface area (Å²) in [6.07, 6.45) is 5.71. The van der Waals surface area contributed by atoms with Crippen LogP contribution in [0.1, 0.15) is 52.9 Å². The average Bonchev–Trinajstić information content (AvgIpc) is 2.63. The minimum atomic E-state index is -1.10. The SMILES string of the molecule is CCCCNC(=O)C(C)(C)C(=O)Nc1ccc(N2CCCCC2)cc1. The highest BCUT2D eigenvalue weighted by Gasteiger charge is 2.35. The highest BCUT2D eigenvalue weighted by molar-refractivity contribution is 6.09. The van der Waals surface area contributed by atoms with Gasteiger partial charge in [0.15, 0.2) is 0 Å². The fraction of sp³-hybridized carbons (Fsp3) is 0.600. The molecular formula is C20H31N3O2. The van der Waals surface area contributed by atoms with Gasteiger partial charge in [-0.15, -0.1) is 0 Å². The Hall–Kier alpha value is -2.04. The van der Waals surface area contributed by atoms with Gasteiger partial charge in [0.2, 0.25) is 11.8 Å². The van der Waals surface area contributed by atoms with Crippen LogP contribution in [0.4, 0.5) is 11.4 Å². The maximum Gasteiger partial charge on any atom is 0.239 e. The zero-order valence-corrected chi connectivity index (χ0v) is 15.7. The molecule has 0 spiro atoms. The first-order valence-electron chi connectivity index (χ1n) is 9.40. The van der Waals surface area contributed by atoms with Crippen LogP contribution in [-0.2, 0) is 9.59 Å². The summed E-state index contributed by atoms with van der Waals surface area (Å²) < 4.78 is 0. The van der Waals surface area contributed by atoms with Gasteiger partial charge in [-0.3, -0.25) is 9.59 Å². The summed E-state index contributed by atoms with van der Waals surface area (Å²) in [4.78, 5) is 27.1. The Morgan fingerprint density at radius 3 is 2.28 bits per heavy atom. The van der Waals surface area contributed by atoms with Crippen molar-refractivity contribution < 1.29 is 9.59 Å². The van der Waals surface area contributed by atoms with Crippen molar-refractivity contribution >= 4 is 23.2 Å². The molecule has 5 heteroatoms. The molecule has 5 nitrogen and oxygen atoms in total. The van der Waals surface area contributed by atoms with E-state index >= 15 is 0 Å². The van der Waals surface area contributed by atoms with E-state index in [-0.39, 0.29) is 11.8 Å². The van der Waals surface area contributed by atoms with Gasteiger partial charge in [-0.2, -0.15) is 0 Å². The molecule has 1 saturated heterocycles. The molecule has 1 aliphatic heterocycles. The van der Waals surface area contributed by atoms with Crippen molar-refractivity contribution in [3.05, 3.63) is 24.3 Å². The van der Waals surface area contributed by atoms with E-state index in [4.69, 9.17) is 0 Å². The predicted octanol–water partition coefficient (Wildman–Crippen LogP) is 3.56. The molecule has 0 saturated carbocycles. The number of nitrogens with zero attached hydrogens (tertiary/aromatic N) is 1. The van der Waals surface area contributed by atoms with Crippen LogP contribution in [0.3, 0.4) is 0 Å². The Labute approximate surface area is 151 Å². The molecule has 0 unspecified atom stereocenters. The van der Waals surface area contributed by atoms with Gasteiger partial charge >= 0.3 is 0 Å². The number of hydrogen-bond acceptors (Lipinski definition) is 3. The molecule has 2 rings (SSSR count). The highest BCUT2D eigenvalue weighted by atomic mass is 16.2. The Morgan fingerprint density at radius 2 is 1.68 bits per heavy atom. The summed E-state index contributed by atoms with van der Waals surface area (Å²) in [7, 11) is 0. The van der Waals surface area contributed by atoms with E-state index in [1.807, 2.05) is 24.3 Å². The van der Waals surface area contributed by atoms with Crippen molar-refractivity contribution in [3.8, 4) is 0 Å². The van der Waals surface area contributed by atoms with Crippen LogP contribution in [0.25, 0.3) is 0 Å². The van der Waals surface area contributed by atoms with Crippen molar-refractivity contribution in [2.45, 2.75) is 52.9 Å². The van der Waals surface area contributed by atoms with Crippen molar-refractivity contribution in [1.82, 2.24) is 5.32 Å². The van der Waals surface area contributed by atoms with Crippen LogP contribution in [0.15, 0.2) is 24.3 Å². The van der Waals surface area contributed by atoms with Crippen LogP contribution in [-0.4, -0.2) is 31.4 Å². The van der Waals surface area contributed by atoms with Gasteiger partial charge in [0.1, 0.15) is 5.41 Å². The van der Waals surface area contributed by atoms with Gasteiger partial charge in [-0.25, -0.2) is 0 Å². The number of rotatable bonds is 7. The quantitative estimate of drug-likeness (QED) is 0.587. The summed E-state index contributed by atoms with van der Waals surface area (Å²) in [5, 5.41) is 5.70. The smallest absolute Gasteiger partial charge is 0.239 e. The normalized spacial score (nSPS) is 14.9. The molecule has 25 heavy (non-hydrogen) atoms. The molecule has 1 heterocycles. The molecule has 0 bridgehead atoms. The lowest BCUT2D eigenvalue weighted by molar-refractivity contribution is -0.138. The van der Waals surface area contributed by atoms with Crippen molar-refractivity contribution in [2.24, 2.45) is 5.41 Å². The summed E-state index contributed by atoms with van der Waals surface area (Å²) >= 11 is 0. The van der Waals surface area contributed by atoms with Gasteiger partial charge in [0, 0.05) is 31.0 Å². The zero-order valence-electron chi connectivity index (χ0n) is 15.7. The fourth-order valence-corrected chi connectivity index (χ4v) is 2.90. The second kappa shape index (κ2) is 8.88.